The third-order valence-corrected chi connectivity index (χ3v) is 2.36. The van der Waals surface area contributed by atoms with Gasteiger partial charge in [0, 0.05) is 6.54 Å². The predicted octanol–water partition coefficient (Wildman–Crippen LogP) is 1.49. The number of hydrogen-bond donors (Lipinski definition) is 0. The van der Waals surface area contributed by atoms with Gasteiger partial charge in [-0.2, -0.15) is 0 Å². The van der Waals surface area contributed by atoms with E-state index >= 15 is 0 Å². The lowest BCUT2D eigenvalue weighted by Gasteiger charge is -2.27. The number of allylic oxidation sites excluding steroid dienone is 1. The molecule has 0 aromatic rings. The Morgan fingerprint density at radius 2 is 2.12 bits per heavy atom. The molecule has 0 aromatic carbocycles. The zero-order valence-corrected chi connectivity index (χ0v) is 9.10. The van der Waals surface area contributed by atoms with E-state index in [-0.39, 0.29) is 18.0 Å². The van der Waals surface area contributed by atoms with Gasteiger partial charge in [0.2, 0.25) is 0 Å². The first-order valence-corrected chi connectivity index (χ1v) is 4.87. The summed E-state index contributed by atoms with van der Waals surface area (Å²) in [6, 6.07) is 0. The molecule has 1 saturated heterocycles. The van der Waals surface area contributed by atoms with E-state index in [9.17, 15) is 18.4 Å². The Balaban J connectivity index is 3.03. The van der Waals surface area contributed by atoms with E-state index in [1.165, 1.54) is 6.08 Å². The number of thiocarbonyl (C=S) groups is 1. The highest BCUT2D eigenvalue weighted by molar-refractivity contribution is 7.80. The number of likely N-dealkylation sites (tertiary alicyclic amines) is 1. The fourth-order valence-electron chi connectivity index (χ4n) is 1.31. The van der Waals surface area contributed by atoms with Crippen molar-refractivity contribution in [3.63, 3.8) is 0 Å². The summed E-state index contributed by atoms with van der Waals surface area (Å²) in [6.07, 6.45) is -1.24. The number of amides is 1. The molecule has 1 fully saturated rings. The number of hydrogen-bond acceptors (Lipinski definition) is 3. The van der Waals surface area contributed by atoms with Gasteiger partial charge >= 0.3 is 0 Å². The molecule has 0 aromatic heterocycles. The second-order valence-corrected chi connectivity index (χ2v) is 3.58. The molecular weight excluding hydrogens is 236 g/mol. The van der Waals surface area contributed by atoms with Crippen LogP contribution in [0.2, 0.25) is 0 Å². The third-order valence-electron chi connectivity index (χ3n) is 1.99. The Bertz CT molecular complexity index is 390. The summed E-state index contributed by atoms with van der Waals surface area (Å²) >= 11 is 4.84. The molecule has 3 nitrogen and oxygen atoms in total. The second kappa shape index (κ2) is 5.07. The van der Waals surface area contributed by atoms with E-state index in [2.05, 4.69) is 6.58 Å². The number of halogens is 2. The summed E-state index contributed by atoms with van der Waals surface area (Å²) in [5, 5.41) is 0. The Morgan fingerprint density at radius 3 is 2.62 bits per heavy atom. The topological polar surface area (TPSA) is 37.4 Å². The van der Waals surface area contributed by atoms with Crippen molar-refractivity contribution in [1.29, 1.82) is 0 Å². The van der Waals surface area contributed by atoms with Crippen LogP contribution in [0.4, 0.5) is 8.78 Å². The summed E-state index contributed by atoms with van der Waals surface area (Å²) in [4.78, 5) is 24.2. The van der Waals surface area contributed by atoms with E-state index < -0.39 is 23.7 Å². The minimum absolute atomic E-state index is 0.117. The molecule has 0 atom stereocenters. The Kier molecular flexibility index (Phi) is 4.00. The van der Waals surface area contributed by atoms with Gasteiger partial charge in [-0.15, -0.1) is 6.58 Å². The molecule has 1 aliphatic rings. The largest absolute Gasteiger partial charge is 0.298 e. The van der Waals surface area contributed by atoms with Crippen molar-refractivity contribution in [2.75, 3.05) is 6.54 Å². The molecule has 0 bridgehead atoms. The van der Waals surface area contributed by atoms with Crippen LogP contribution in [0.3, 0.4) is 0 Å². The van der Waals surface area contributed by atoms with Crippen molar-refractivity contribution in [1.82, 2.24) is 4.90 Å². The van der Waals surface area contributed by atoms with Gasteiger partial charge < -0.3 is 0 Å². The summed E-state index contributed by atoms with van der Waals surface area (Å²) in [6.45, 7) is 3.54. The fraction of sp³-hybridized carbons (Fsp3) is 0.300. The third kappa shape index (κ3) is 2.57. The van der Waals surface area contributed by atoms with Crippen LogP contribution >= 0.6 is 12.2 Å². The SMILES string of the molecule is C=CCN1C(=O)/C(=C\C(F)F)C(=O)CC1=S. The van der Waals surface area contributed by atoms with Crippen LogP contribution in [0.25, 0.3) is 0 Å². The summed E-state index contributed by atoms with van der Waals surface area (Å²) in [5.74, 6) is -1.43. The molecule has 0 aliphatic carbocycles. The lowest BCUT2D eigenvalue weighted by Crippen LogP contribution is -2.44. The molecule has 16 heavy (non-hydrogen) atoms. The zero-order chi connectivity index (χ0) is 12.3. The molecule has 1 heterocycles. The van der Waals surface area contributed by atoms with Gasteiger partial charge in [0.1, 0.15) is 0 Å². The van der Waals surface area contributed by atoms with Crippen molar-refractivity contribution in [3.8, 4) is 0 Å². The highest BCUT2D eigenvalue weighted by atomic mass is 32.1. The van der Waals surface area contributed by atoms with E-state index in [1.807, 2.05) is 0 Å². The number of carbonyl (C=O) groups excluding carboxylic acids is 2. The minimum atomic E-state index is -2.83. The lowest BCUT2D eigenvalue weighted by atomic mass is 10.0. The number of piperidine rings is 1. The molecule has 0 radical (unpaired) electrons. The van der Waals surface area contributed by atoms with Gasteiger partial charge in [-0.1, -0.05) is 18.3 Å². The van der Waals surface area contributed by atoms with Crippen molar-refractivity contribution >= 4 is 28.9 Å². The first-order chi connectivity index (χ1) is 7.47. The average molecular weight is 245 g/mol. The standard InChI is InChI=1S/C10H9F2NO2S/c1-2-3-13-9(16)5-7(14)6(10(13)15)4-8(11)12/h2,4,8H,1,3,5H2/b6-4-. The maximum atomic E-state index is 12.1. The van der Waals surface area contributed by atoms with Crippen LogP contribution < -0.4 is 0 Å². The van der Waals surface area contributed by atoms with Crippen LogP contribution in [-0.4, -0.2) is 34.5 Å². The minimum Gasteiger partial charge on any atom is -0.298 e. The Labute approximate surface area is 96.4 Å². The Hall–Kier alpha value is -1.43. The summed E-state index contributed by atoms with van der Waals surface area (Å²) < 4.78 is 24.2. The number of alkyl halides is 2. The van der Waals surface area contributed by atoms with Crippen molar-refractivity contribution in [3.05, 3.63) is 24.3 Å². The Morgan fingerprint density at radius 1 is 1.50 bits per heavy atom. The van der Waals surface area contributed by atoms with Gasteiger partial charge in [0.25, 0.3) is 12.3 Å². The number of nitrogens with zero attached hydrogens (tertiary/aromatic N) is 1. The lowest BCUT2D eigenvalue weighted by molar-refractivity contribution is -0.127. The number of ketones is 1. The second-order valence-electron chi connectivity index (χ2n) is 3.11. The van der Waals surface area contributed by atoms with Gasteiger partial charge in [-0.25, -0.2) is 8.78 Å². The first-order valence-electron chi connectivity index (χ1n) is 4.46. The quantitative estimate of drug-likeness (QED) is 0.327. The molecule has 0 saturated carbocycles. The molecule has 0 unspecified atom stereocenters. The molecule has 1 aliphatic heterocycles. The molecule has 1 rings (SSSR count). The van der Waals surface area contributed by atoms with E-state index in [4.69, 9.17) is 12.2 Å². The van der Waals surface area contributed by atoms with Gasteiger partial charge in [0.05, 0.1) is 17.0 Å². The smallest absolute Gasteiger partial charge is 0.262 e. The maximum absolute atomic E-state index is 12.1. The molecular formula is C10H9F2NO2S. The van der Waals surface area contributed by atoms with Crippen molar-refractivity contribution < 1.29 is 18.4 Å². The first kappa shape index (κ1) is 12.6. The fourth-order valence-corrected chi connectivity index (χ4v) is 1.60. The van der Waals surface area contributed by atoms with Crippen LogP contribution in [0.5, 0.6) is 0 Å². The highest BCUT2D eigenvalue weighted by Gasteiger charge is 2.33. The summed E-state index contributed by atoms with van der Waals surface area (Å²) in [5.41, 5.74) is -0.495. The van der Waals surface area contributed by atoms with Gasteiger partial charge in [-0.05, 0) is 6.08 Å². The zero-order valence-electron chi connectivity index (χ0n) is 8.28. The average Bonchev–Trinajstić information content (AvgIpc) is 2.19. The van der Waals surface area contributed by atoms with Crippen LogP contribution in [0.15, 0.2) is 24.3 Å². The maximum Gasteiger partial charge on any atom is 0.262 e. The molecule has 6 heteroatoms. The number of Topliss-reactive ketones (excluding diaryl/α,β-unsaturated/α-hetero) is 1. The molecule has 0 N–H and O–H groups in total. The normalized spacial score (nSPS) is 19.8. The van der Waals surface area contributed by atoms with Crippen molar-refractivity contribution in [2.24, 2.45) is 0 Å². The predicted molar refractivity (Wildman–Crippen MR) is 58.2 cm³/mol. The molecule has 86 valence electrons. The summed E-state index contributed by atoms with van der Waals surface area (Å²) in [7, 11) is 0. The number of rotatable bonds is 3. The molecule has 0 spiro atoms. The number of carbonyl (C=O) groups is 2. The van der Waals surface area contributed by atoms with Crippen molar-refractivity contribution in [2.45, 2.75) is 12.8 Å². The van der Waals surface area contributed by atoms with E-state index in [1.54, 1.807) is 0 Å². The van der Waals surface area contributed by atoms with E-state index in [0.717, 1.165) is 4.90 Å². The van der Waals surface area contributed by atoms with Crippen LogP contribution in [-0.2, 0) is 9.59 Å². The van der Waals surface area contributed by atoms with Crippen LogP contribution in [0, 0.1) is 0 Å². The monoisotopic (exact) mass is 245 g/mol. The van der Waals surface area contributed by atoms with Gasteiger partial charge in [-0.3, -0.25) is 14.5 Å². The molecule has 1 amide bonds. The van der Waals surface area contributed by atoms with E-state index in [0.29, 0.717) is 6.08 Å². The van der Waals surface area contributed by atoms with Gasteiger partial charge in [0.15, 0.2) is 5.78 Å². The highest BCUT2D eigenvalue weighted by Crippen LogP contribution is 2.18. The van der Waals surface area contributed by atoms with Crippen LogP contribution in [0.1, 0.15) is 6.42 Å².